The second-order valence-corrected chi connectivity index (χ2v) is 3.49. The topological polar surface area (TPSA) is 75.1 Å². The van der Waals surface area contributed by atoms with Crippen molar-refractivity contribution in [2.45, 2.75) is 0 Å². The molecule has 76 valence electrons. The highest BCUT2D eigenvalue weighted by Crippen LogP contribution is 2.15. The minimum atomic E-state index is -1.06. The number of nitrogens with zero attached hydrogens (tertiary/aromatic N) is 2. The van der Waals surface area contributed by atoms with Gasteiger partial charge in [0.2, 0.25) is 5.95 Å². The molecule has 0 spiro atoms. The van der Waals surface area contributed by atoms with E-state index in [1.807, 2.05) is 16.8 Å². The summed E-state index contributed by atoms with van der Waals surface area (Å²) in [5.74, 6) is -0.779. The van der Waals surface area contributed by atoms with E-state index in [0.717, 1.165) is 5.69 Å². The second-order valence-electron chi connectivity index (χ2n) is 2.71. The minimum Gasteiger partial charge on any atom is -0.477 e. The molecule has 0 fully saturated rings. The van der Waals surface area contributed by atoms with Crippen molar-refractivity contribution in [2.75, 3.05) is 5.32 Å². The number of rotatable bonds is 3. The van der Waals surface area contributed by atoms with Gasteiger partial charge in [-0.3, -0.25) is 0 Å². The van der Waals surface area contributed by atoms with Crippen LogP contribution in [0.25, 0.3) is 0 Å². The van der Waals surface area contributed by atoms with Gasteiger partial charge in [0, 0.05) is 11.6 Å². The molecule has 15 heavy (non-hydrogen) atoms. The fourth-order valence-electron chi connectivity index (χ4n) is 1.00. The lowest BCUT2D eigenvalue weighted by molar-refractivity contribution is 0.0690. The Kier molecular flexibility index (Phi) is 2.59. The molecule has 0 amide bonds. The summed E-state index contributed by atoms with van der Waals surface area (Å²) in [6.45, 7) is 0. The molecule has 2 aromatic heterocycles. The lowest BCUT2D eigenvalue weighted by Crippen LogP contribution is -2.04. The van der Waals surface area contributed by atoms with Gasteiger partial charge < -0.3 is 10.4 Å². The fraction of sp³-hybridized carbons (Fsp3) is 0. The highest BCUT2D eigenvalue weighted by Gasteiger charge is 2.05. The monoisotopic (exact) mass is 221 g/mol. The Morgan fingerprint density at radius 1 is 1.47 bits per heavy atom. The van der Waals surface area contributed by atoms with Crippen LogP contribution in [0.3, 0.4) is 0 Å². The van der Waals surface area contributed by atoms with E-state index in [0.29, 0.717) is 0 Å². The summed E-state index contributed by atoms with van der Waals surface area (Å²) in [4.78, 5) is 18.4. The first-order chi connectivity index (χ1) is 7.25. The quantitative estimate of drug-likeness (QED) is 0.828. The van der Waals surface area contributed by atoms with E-state index < -0.39 is 5.97 Å². The van der Waals surface area contributed by atoms with Gasteiger partial charge >= 0.3 is 5.97 Å². The van der Waals surface area contributed by atoms with Gasteiger partial charge in [0.25, 0.3) is 0 Å². The molecular formula is C9H7N3O2S. The van der Waals surface area contributed by atoms with Crippen molar-refractivity contribution in [1.82, 2.24) is 9.97 Å². The largest absolute Gasteiger partial charge is 0.477 e. The van der Waals surface area contributed by atoms with E-state index in [2.05, 4.69) is 15.3 Å². The Labute approximate surface area is 89.4 Å². The van der Waals surface area contributed by atoms with Gasteiger partial charge in [-0.25, -0.2) is 14.8 Å². The third-order valence-corrected chi connectivity index (χ3v) is 2.34. The summed E-state index contributed by atoms with van der Waals surface area (Å²) in [5.41, 5.74) is 0.824. The number of thiophene rings is 1. The summed E-state index contributed by atoms with van der Waals surface area (Å²) in [7, 11) is 0. The van der Waals surface area contributed by atoms with Crippen LogP contribution in [0.15, 0.2) is 29.1 Å². The maximum Gasteiger partial charge on any atom is 0.354 e. The normalized spacial score (nSPS) is 9.87. The number of aromatic nitrogens is 2. The van der Waals surface area contributed by atoms with Crippen molar-refractivity contribution >= 4 is 28.9 Å². The first-order valence-corrected chi connectivity index (χ1v) is 5.05. The molecular weight excluding hydrogens is 214 g/mol. The first-order valence-electron chi connectivity index (χ1n) is 4.11. The van der Waals surface area contributed by atoms with Crippen molar-refractivity contribution in [2.24, 2.45) is 0 Å². The fourth-order valence-corrected chi connectivity index (χ4v) is 1.59. The van der Waals surface area contributed by atoms with Crippen LogP contribution in [0.5, 0.6) is 0 Å². The van der Waals surface area contributed by atoms with Gasteiger partial charge in [-0.1, -0.05) is 0 Å². The van der Waals surface area contributed by atoms with Crippen LogP contribution < -0.4 is 5.32 Å². The van der Waals surface area contributed by atoms with Gasteiger partial charge in [-0.05, 0) is 17.5 Å². The lowest BCUT2D eigenvalue weighted by Gasteiger charge is -2.01. The van der Waals surface area contributed by atoms with Gasteiger partial charge in [-0.2, -0.15) is 11.3 Å². The molecule has 0 aliphatic carbocycles. The molecule has 5 nitrogen and oxygen atoms in total. The third-order valence-electron chi connectivity index (χ3n) is 1.65. The third kappa shape index (κ3) is 2.29. The molecule has 2 heterocycles. The smallest absolute Gasteiger partial charge is 0.354 e. The SMILES string of the molecule is O=C(O)c1ccnc(Nc2ccsc2)n1. The predicted molar refractivity (Wildman–Crippen MR) is 56.6 cm³/mol. The standard InChI is InChI=1S/C9H7N3O2S/c13-8(14)7-1-3-10-9(12-7)11-6-2-4-15-5-6/h1-5H,(H,13,14)(H,10,11,12). The van der Waals surface area contributed by atoms with Crippen LogP contribution in [0.2, 0.25) is 0 Å². The van der Waals surface area contributed by atoms with E-state index in [9.17, 15) is 4.79 Å². The Morgan fingerprint density at radius 2 is 2.33 bits per heavy atom. The Balaban J connectivity index is 2.22. The van der Waals surface area contributed by atoms with E-state index in [1.54, 1.807) is 0 Å². The number of hydrogen-bond acceptors (Lipinski definition) is 5. The van der Waals surface area contributed by atoms with Crippen LogP contribution >= 0.6 is 11.3 Å². The lowest BCUT2D eigenvalue weighted by atomic mass is 10.4. The molecule has 0 aromatic carbocycles. The van der Waals surface area contributed by atoms with Crippen LogP contribution in [0, 0.1) is 0 Å². The van der Waals surface area contributed by atoms with Crippen molar-refractivity contribution in [3.63, 3.8) is 0 Å². The molecule has 2 N–H and O–H groups in total. The van der Waals surface area contributed by atoms with Crippen LogP contribution in [0.1, 0.15) is 10.5 Å². The number of carboxylic acids is 1. The van der Waals surface area contributed by atoms with Crippen molar-refractivity contribution in [3.05, 3.63) is 34.8 Å². The molecule has 2 rings (SSSR count). The molecule has 0 atom stereocenters. The molecule has 0 bridgehead atoms. The highest BCUT2D eigenvalue weighted by molar-refractivity contribution is 7.08. The van der Waals surface area contributed by atoms with Crippen molar-refractivity contribution in [1.29, 1.82) is 0 Å². The number of carbonyl (C=O) groups is 1. The molecule has 0 saturated heterocycles. The maximum atomic E-state index is 10.6. The summed E-state index contributed by atoms with van der Waals surface area (Å²) in [6, 6.07) is 3.21. The predicted octanol–water partition coefficient (Wildman–Crippen LogP) is 1.98. The zero-order chi connectivity index (χ0) is 10.7. The molecule has 0 radical (unpaired) electrons. The van der Waals surface area contributed by atoms with Crippen LogP contribution in [-0.2, 0) is 0 Å². The Bertz CT molecular complexity index is 470. The first kappa shape index (κ1) is 9.60. The Morgan fingerprint density at radius 3 is 3.00 bits per heavy atom. The average molecular weight is 221 g/mol. The van der Waals surface area contributed by atoms with E-state index in [-0.39, 0.29) is 11.6 Å². The van der Waals surface area contributed by atoms with Gasteiger partial charge in [0.1, 0.15) is 0 Å². The molecule has 2 aromatic rings. The highest BCUT2D eigenvalue weighted by atomic mass is 32.1. The molecule has 0 saturated carbocycles. The zero-order valence-electron chi connectivity index (χ0n) is 7.54. The summed E-state index contributed by atoms with van der Waals surface area (Å²) >= 11 is 1.53. The van der Waals surface area contributed by atoms with Gasteiger partial charge in [0.15, 0.2) is 5.69 Å². The summed E-state index contributed by atoms with van der Waals surface area (Å²) < 4.78 is 0. The summed E-state index contributed by atoms with van der Waals surface area (Å²) in [6.07, 6.45) is 1.41. The molecule has 0 unspecified atom stereocenters. The molecule has 0 aliphatic rings. The summed E-state index contributed by atoms with van der Waals surface area (Å²) in [5, 5.41) is 15.4. The number of nitrogens with one attached hydrogen (secondary N) is 1. The van der Waals surface area contributed by atoms with E-state index in [4.69, 9.17) is 5.11 Å². The van der Waals surface area contributed by atoms with Crippen molar-refractivity contribution < 1.29 is 9.90 Å². The molecule has 6 heteroatoms. The molecule has 0 aliphatic heterocycles. The number of hydrogen-bond donors (Lipinski definition) is 2. The average Bonchev–Trinajstić information content (AvgIpc) is 2.71. The van der Waals surface area contributed by atoms with Crippen molar-refractivity contribution in [3.8, 4) is 0 Å². The van der Waals surface area contributed by atoms with Gasteiger partial charge in [-0.15, -0.1) is 0 Å². The number of aromatic carboxylic acids is 1. The maximum absolute atomic E-state index is 10.6. The van der Waals surface area contributed by atoms with Gasteiger partial charge in [0.05, 0.1) is 5.69 Å². The van der Waals surface area contributed by atoms with E-state index >= 15 is 0 Å². The Hall–Kier alpha value is -1.95. The van der Waals surface area contributed by atoms with Crippen LogP contribution in [0.4, 0.5) is 11.6 Å². The number of carboxylic acid groups (broad SMARTS) is 1. The number of anilines is 2. The van der Waals surface area contributed by atoms with Crippen LogP contribution in [-0.4, -0.2) is 21.0 Å². The minimum absolute atomic E-state index is 0.0253. The van der Waals surface area contributed by atoms with E-state index in [1.165, 1.54) is 23.6 Å². The zero-order valence-corrected chi connectivity index (χ0v) is 8.36. The second kappa shape index (κ2) is 4.05.